The molecular weight excluding hydrogens is 311 g/mol. The summed E-state index contributed by atoms with van der Waals surface area (Å²) in [5.41, 5.74) is 2.43. The summed E-state index contributed by atoms with van der Waals surface area (Å²) in [4.78, 5) is 23.0. The Kier molecular flexibility index (Phi) is 5.52. The molecule has 0 unspecified atom stereocenters. The van der Waals surface area contributed by atoms with Crippen molar-refractivity contribution in [2.24, 2.45) is 0 Å². The van der Waals surface area contributed by atoms with Crippen LogP contribution in [0, 0.1) is 19.7 Å². The number of nitrogens with one attached hydrogen (secondary N) is 2. The van der Waals surface area contributed by atoms with E-state index in [0.717, 1.165) is 11.1 Å². The smallest absolute Gasteiger partial charge is 0.262 e. The lowest BCUT2D eigenvalue weighted by Gasteiger charge is -2.11. The van der Waals surface area contributed by atoms with E-state index in [-0.39, 0.29) is 18.2 Å². The highest BCUT2D eigenvalue weighted by molar-refractivity contribution is 5.94. The Morgan fingerprint density at radius 3 is 2.50 bits per heavy atom. The van der Waals surface area contributed by atoms with Crippen LogP contribution in [0.5, 0.6) is 5.75 Å². The van der Waals surface area contributed by atoms with Crippen molar-refractivity contribution in [3.8, 4) is 5.75 Å². The SMILES string of the molecule is CC(=O)Nc1cc(NC(=O)COc2ccc(C)cc2C)ccc1F. The lowest BCUT2D eigenvalue weighted by molar-refractivity contribution is -0.118. The largest absolute Gasteiger partial charge is 0.483 e. The fraction of sp³-hybridized carbons (Fsp3) is 0.222. The molecule has 0 atom stereocenters. The van der Waals surface area contributed by atoms with Crippen molar-refractivity contribution in [3.05, 3.63) is 53.3 Å². The third-order valence-corrected chi connectivity index (χ3v) is 3.25. The Labute approximate surface area is 139 Å². The standard InChI is InChI=1S/C18H19FN2O3/c1-11-4-7-17(12(2)8-11)24-10-18(23)21-14-5-6-15(19)16(9-14)20-13(3)22/h4-9H,10H2,1-3H3,(H,20,22)(H,21,23). The number of hydrogen-bond donors (Lipinski definition) is 2. The zero-order valence-corrected chi connectivity index (χ0v) is 13.8. The van der Waals surface area contributed by atoms with Crippen LogP contribution in [-0.4, -0.2) is 18.4 Å². The van der Waals surface area contributed by atoms with Gasteiger partial charge in [0, 0.05) is 12.6 Å². The Hall–Kier alpha value is -2.89. The van der Waals surface area contributed by atoms with Crippen LogP contribution >= 0.6 is 0 Å². The van der Waals surface area contributed by atoms with Crippen molar-refractivity contribution >= 4 is 23.2 Å². The molecule has 0 bridgehead atoms. The van der Waals surface area contributed by atoms with Gasteiger partial charge in [0.25, 0.3) is 5.91 Å². The minimum Gasteiger partial charge on any atom is -0.483 e. The first-order chi connectivity index (χ1) is 11.3. The fourth-order valence-corrected chi connectivity index (χ4v) is 2.19. The molecule has 0 spiro atoms. The van der Waals surface area contributed by atoms with Crippen LogP contribution in [0.3, 0.4) is 0 Å². The van der Waals surface area contributed by atoms with Gasteiger partial charge < -0.3 is 15.4 Å². The van der Waals surface area contributed by atoms with Crippen LogP contribution in [0.25, 0.3) is 0 Å². The van der Waals surface area contributed by atoms with E-state index in [9.17, 15) is 14.0 Å². The molecule has 0 aliphatic heterocycles. The molecule has 0 aromatic heterocycles. The Morgan fingerprint density at radius 1 is 1.08 bits per heavy atom. The molecule has 5 nitrogen and oxygen atoms in total. The number of amides is 2. The normalized spacial score (nSPS) is 10.2. The summed E-state index contributed by atoms with van der Waals surface area (Å²) >= 11 is 0. The summed E-state index contributed by atoms with van der Waals surface area (Å²) in [6.45, 7) is 4.99. The first-order valence-corrected chi connectivity index (χ1v) is 7.42. The monoisotopic (exact) mass is 330 g/mol. The molecule has 0 heterocycles. The Balaban J connectivity index is 1.98. The predicted molar refractivity (Wildman–Crippen MR) is 90.7 cm³/mol. The summed E-state index contributed by atoms with van der Waals surface area (Å²) in [6.07, 6.45) is 0. The maximum absolute atomic E-state index is 13.6. The van der Waals surface area contributed by atoms with Crippen molar-refractivity contribution in [1.29, 1.82) is 0 Å². The molecule has 2 rings (SSSR count). The third-order valence-electron chi connectivity index (χ3n) is 3.25. The lowest BCUT2D eigenvalue weighted by atomic mass is 10.1. The molecule has 0 radical (unpaired) electrons. The minimum atomic E-state index is -0.574. The van der Waals surface area contributed by atoms with Gasteiger partial charge in [-0.05, 0) is 43.7 Å². The van der Waals surface area contributed by atoms with Gasteiger partial charge in [-0.2, -0.15) is 0 Å². The van der Waals surface area contributed by atoms with Gasteiger partial charge in [0.1, 0.15) is 11.6 Å². The van der Waals surface area contributed by atoms with Crippen LogP contribution in [0.15, 0.2) is 36.4 Å². The molecule has 2 amide bonds. The molecule has 0 aliphatic carbocycles. The molecular formula is C18H19FN2O3. The van der Waals surface area contributed by atoms with Gasteiger partial charge in [0.05, 0.1) is 5.69 Å². The maximum atomic E-state index is 13.6. The van der Waals surface area contributed by atoms with E-state index in [1.54, 1.807) is 0 Å². The number of benzene rings is 2. The zero-order valence-electron chi connectivity index (χ0n) is 13.8. The van der Waals surface area contributed by atoms with Gasteiger partial charge >= 0.3 is 0 Å². The van der Waals surface area contributed by atoms with E-state index >= 15 is 0 Å². The predicted octanol–water partition coefficient (Wildman–Crippen LogP) is 3.42. The molecule has 24 heavy (non-hydrogen) atoms. The number of hydrogen-bond acceptors (Lipinski definition) is 3. The number of carbonyl (C=O) groups excluding carboxylic acids is 2. The maximum Gasteiger partial charge on any atom is 0.262 e. The molecule has 2 aromatic rings. The summed E-state index contributed by atoms with van der Waals surface area (Å²) in [5.74, 6) is -0.713. The van der Waals surface area contributed by atoms with Crippen molar-refractivity contribution in [2.75, 3.05) is 17.2 Å². The first-order valence-electron chi connectivity index (χ1n) is 7.42. The van der Waals surface area contributed by atoms with Crippen LogP contribution < -0.4 is 15.4 Å². The number of carbonyl (C=O) groups is 2. The van der Waals surface area contributed by atoms with E-state index < -0.39 is 11.7 Å². The first kappa shape index (κ1) is 17.5. The van der Waals surface area contributed by atoms with Gasteiger partial charge in [-0.3, -0.25) is 9.59 Å². The molecule has 0 fully saturated rings. The molecule has 2 aromatic carbocycles. The summed E-state index contributed by atoms with van der Waals surface area (Å²) in [6, 6.07) is 9.62. The van der Waals surface area contributed by atoms with Gasteiger partial charge in [-0.25, -0.2) is 4.39 Å². The topological polar surface area (TPSA) is 67.4 Å². The molecule has 126 valence electrons. The fourth-order valence-electron chi connectivity index (χ4n) is 2.19. The minimum absolute atomic E-state index is 0.00981. The van der Waals surface area contributed by atoms with E-state index in [0.29, 0.717) is 11.4 Å². The van der Waals surface area contributed by atoms with E-state index in [4.69, 9.17) is 4.74 Å². The zero-order chi connectivity index (χ0) is 17.7. The van der Waals surface area contributed by atoms with Gasteiger partial charge in [-0.1, -0.05) is 17.7 Å². The van der Waals surface area contributed by atoms with Crippen molar-refractivity contribution in [1.82, 2.24) is 0 Å². The van der Waals surface area contributed by atoms with Gasteiger partial charge in [-0.15, -0.1) is 0 Å². The van der Waals surface area contributed by atoms with E-state index in [2.05, 4.69) is 10.6 Å². The van der Waals surface area contributed by atoms with Crippen LogP contribution in [0.2, 0.25) is 0 Å². The second-order valence-corrected chi connectivity index (χ2v) is 5.48. The van der Waals surface area contributed by atoms with Crippen molar-refractivity contribution < 1.29 is 18.7 Å². The second kappa shape index (κ2) is 7.59. The second-order valence-electron chi connectivity index (χ2n) is 5.48. The Morgan fingerprint density at radius 2 is 1.83 bits per heavy atom. The molecule has 2 N–H and O–H groups in total. The van der Waals surface area contributed by atoms with Crippen LogP contribution in [0.1, 0.15) is 18.1 Å². The van der Waals surface area contributed by atoms with Crippen LogP contribution in [0.4, 0.5) is 15.8 Å². The summed E-state index contributed by atoms with van der Waals surface area (Å²) in [7, 11) is 0. The Bertz CT molecular complexity index is 775. The molecule has 0 saturated heterocycles. The number of halogens is 1. The van der Waals surface area contributed by atoms with Crippen molar-refractivity contribution in [3.63, 3.8) is 0 Å². The van der Waals surface area contributed by atoms with Gasteiger partial charge in [0.2, 0.25) is 5.91 Å². The van der Waals surface area contributed by atoms with E-state index in [1.807, 2.05) is 32.0 Å². The van der Waals surface area contributed by atoms with Crippen molar-refractivity contribution in [2.45, 2.75) is 20.8 Å². The summed E-state index contributed by atoms with van der Waals surface area (Å²) < 4.78 is 19.1. The number of aryl methyl sites for hydroxylation is 2. The lowest BCUT2D eigenvalue weighted by Crippen LogP contribution is -2.20. The number of rotatable bonds is 5. The highest BCUT2D eigenvalue weighted by Gasteiger charge is 2.09. The third kappa shape index (κ3) is 4.81. The molecule has 6 heteroatoms. The van der Waals surface area contributed by atoms with E-state index in [1.165, 1.54) is 25.1 Å². The average molecular weight is 330 g/mol. The quantitative estimate of drug-likeness (QED) is 0.883. The highest BCUT2D eigenvalue weighted by atomic mass is 19.1. The van der Waals surface area contributed by atoms with Crippen LogP contribution in [-0.2, 0) is 9.59 Å². The van der Waals surface area contributed by atoms with Gasteiger partial charge in [0.15, 0.2) is 6.61 Å². The molecule has 0 saturated carbocycles. The number of anilines is 2. The highest BCUT2D eigenvalue weighted by Crippen LogP contribution is 2.21. The summed E-state index contributed by atoms with van der Waals surface area (Å²) in [5, 5.41) is 4.96. The average Bonchev–Trinajstić information content (AvgIpc) is 2.49. The molecule has 0 aliphatic rings. The number of ether oxygens (including phenoxy) is 1.